The van der Waals surface area contributed by atoms with E-state index in [0.29, 0.717) is 24.6 Å². The first-order valence-electron chi connectivity index (χ1n) is 13.6. The molecule has 8 nitrogen and oxygen atoms in total. The number of hydrogen-bond acceptors (Lipinski definition) is 7. The maximum atomic E-state index is 14.0. The predicted molar refractivity (Wildman–Crippen MR) is 155 cm³/mol. The number of nitrogens with one attached hydrogen (secondary N) is 1. The molecule has 4 aromatic rings. The molecule has 0 aliphatic carbocycles. The molecular formula is C32H34N4O4. The molecule has 0 bridgehead atoms. The highest BCUT2D eigenvalue weighted by Gasteiger charge is 2.20. The number of ether oxygens (including phenoxy) is 1. The Morgan fingerprint density at radius 1 is 0.975 bits per heavy atom. The molecule has 1 aromatic heterocycles. The number of rotatable bonds is 11. The minimum Gasteiger partial charge on any atom is -0.377 e. The number of aliphatic hydroxyl groups excluding tert-OH is 1. The second-order valence-electron chi connectivity index (χ2n) is 9.81. The monoisotopic (exact) mass is 538 g/mol. The van der Waals surface area contributed by atoms with E-state index in [0.717, 1.165) is 58.3 Å². The first-order valence-corrected chi connectivity index (χ1v) is 13.6. The fourth-order valence-electron chi connectivity index (χ4n) is 4.93. The number of amidine groups is 1. The average molecular weight is 539 g/mol. The van der Waals surface area contributed by atoms with Gasteiger partial charge in [-0.2, -0.15) is 0 Å². The summed E-state index contributed by atoms with van der Waals surface area (Å²) in [6.45, 7) is 2.86. The average Bonchev–Trinajstić information content (AvgIpc) is 3.42. The fraction of sp³-hybridized carbons (Fsp3) is 0.281. The molecule has 0 amide bonds. The van der Waals surface area contributed by atoms with Crippen molar-refractivity contribution in [1.29, 1.82) is 0 Å². The summed E-state index contributed by atoms with van der Waals surface area (Å²) in [5, 5.41) is 9.64. The molecule has 1 aliphatic rings. The topological polar surface area (TPSA) is 98.0 Å². The third-order valence-electron chi connectivity index (χ3n) is 6.98. The lowest BCUT2D eigenvalue weighted by molar-refractivity contribution is -0.102. The maximum Gasteiger partial charge on any atom is 0.280 e. The van der Waals surface area contributed by atoms with Crippen molar-refractivity contribution in [2.75, 3.05) is 7.11 Å². The van der Waals surface area contributed by atoms with Gasteiger partial charge in [-0.25, -0.2) is 20.3 Å². The molecule has 0 radical (unpaired) electrons. The Balaban J connectivity index is 1.49. The normalized spacial score (nSPS) is 14.7. The van der Waals surface area contributed by atoms with E-state index < -0.39 is 6.41 Å². The number of aliphatic imine (C=N–C) groups is 1. The third kappa shape index (κ3) is 6.20. The minimum atomic E-state index is -1.22. The zero-order chi connectivity index (χ0) is 27.9. The van der Waals surface area contributed by atoms with Gasteiger partial charge in [0.25, 0.3) is 12.0 Å². The Labute approximate surface area is 233 Å². The van der Waals surface area contributed by atoms with Crippen LogP contribution in [-0.2, 0) is 35.6 Å². The van der Waals surface area contributed by atoms with E-state index >= 15 is 0 Å². The Morgan fingerprint density at radius 2 is 1.70 bits per heavy atom. The van der Waals surface area contributed by atoms with Crippen molar-refractivity contribution in [2.45, 2.75) is 52.2 Å². The SMILES string of the molecule is CCCCc1nc(COC)n(Cc2ccccc2)c(=O)c1Cc1ccc(-c2ccccc2C2=NC(O)ON2)cc1. The van der Waals surface area contributed by atoms with Crippen LogP contribution in [0.2, 0.25) is 0 Å². The van der Waals surface area contributed by atoms with E-state index in [1.807, 2.05) is 66.7 Å². The van der Waals surface area contributed by atoms with Gasteiger partial charge in [0.15, 0.2) is 5.84 Å². The van der Waals surface area contributed by atoms with Gasteiger partial charge in [0.1, 0.15) is 12.4 Å². The molecule has 1 unspecified atom stereocenters. The zero-order valence-corrected chi connectivity index (χ0v) is 22.8. The van der Waals surface area contributed by atoms with Crippen molar-refractivity contribution in [3.8, 4) is 11.1 Å². The van der Waals surface area contributed by atoms with Gasteiger partial charge in [-0.15, -0.1) is 0 Å². The number of benzene rings is 3. The quantitative estimate of drug-likeness (QED) is 0.290. The van der Waals surface area contributed by atoms with Gasteiger partial charge in [-0.1, -0.05) is 92.2 Å². The van der Waals surface area contributed by atoms with Crippen molar-refractivity contribution >= 4 is 5.84 Å². The summed E-state index contributed by atoms with van der Waals surface area (Å²) in [6.07, 6.45) is 1.99. The number of aryl methyl sites for hydroxylation is 1. The maximum absolute atomic E-state index is 14.0. The van der Waals surface area contributed by atoms with Crippen LogP contribution in [0.25, 0.3) is 11.1 Å². The van der Waals surface area contributed by atoms with E-state index in [1.54, 1.807) is 11.7 Å². The van der Waals surface area contributed by atoms with Gasteiger partial charge in [-0.05, 0) is 35.1 Å². The van der Waals surface area contributed by atoms with Crippen LogP contribution in [0.3, 0.4) is 0 Å². The van der Waals surface area contributed by atoms with Crippen LogP contribution >= 0.6 is 0 Å². The number of aliphatic hydroxyl groups is 1. The zero-order valence-electron chi connectivity index (χ0n) is 22.8. The Kier molecular flexibility index (Phi) is 8.81. The Hall–Kier alpha value is -4.11. The van der Waals surface area contributed by atoms with Crippen LogP contribution in [0.4, 0.5) is 0 Å². The van der Waals surface area contributed by atoms with Crippen LogP contribution in [0, 0.1) is 0 Å². The summed E-state index contributed by atoms with van der Waals surface area (Å²) in [7, 11) is 1.63. The highest BCUT2D eigenvalue weighted by Crippen LogP contribution is 2.26. The van der Waals surface area contributed by atoms with E-state index in [4.69, 9.17) is 14.6 Å². The lowest BCUT2D eigenvalue weighted by Crippen LogP contribution is -2.31. The Bertz CT molecular complexity index is 1530. The van der Waals surface area contributed by atoms with E-state index in [-0.39, 0.29) is 12.2 Å². The molecule has 0 spiro atoms. The molecular weight excluding hydrogens is 504 g/mol. The second-order valence-corrected chi connectivity index (χ2v) is 9.81. The van der Waals surface area contributed by atoms with Crippen molar-refractivity contribution in [2.24, 2.45) is 4.99 Å². The second kappa shape index (κ2) is 12.8. The molecule has 206 valence electrons. The lowest BCUT2D eigenvalue weighted by atomic mass is 9.96. The van der Waals surface area contributed by atoms with Crippen molar-refractivity contribution in [1.82, 2.24) is 15.0 Å². The Morgan fingerprint density at radius 3 is 2.38 bits per heavy atom. The summed E-state index contributed by atoms with van der Waals surface area (Å²) in [6, 6.07) is 26.0. The number of aromatic nitrogens is 2. The smallest absolute Gasteiger partial charge is 0.280 e. The molecule has 0 saturated heterocycles. The highest BCUT2D eigenvalue weighted by molar-refractivity contribution is 6.04. The van der Waals surface area contributed by atoms with Gasteiger partial charge in [0.05, 0.1) is 12.2 Å². The third-order valence-corrected chi connectivity index (χ3v) is 6.98. The number of hydrogen-bond donors (Lipinski definition) is 2. The van der Waals surface area contributed by atoms with Crippen LogP contribution in [-0.4, -0.2) is 34.0 Å². The van der Waals surface area contributed by atoms with E-state index in [9.17, 15) is 9.90 Å². The summed E-state index contributed by atoms with van der Waals surface area (Å²) in [4.78, 5) is 28.0. The summed E-state index contributed by atoms with van der Waals surface area (Å²) >= 11 is 0. The van der Waals surface area contributed by atoms with Crippen LogP contribution in [0.15, 0.2) is 88.6 Å². The van der Waals surface area contributed by atoms with Gasteiger partial charge in [0.2, 0.25) is 0 Å². The number of unbranched alkanes of at least 4 members (excludes halogenated alkanes) is 1. The number of methoxy groups -OCH3 is 1. The van der Waals surface area contributed by atoms with Crippen molar-refractivity contribution in [3.63, 3.8) is 0 Å². The molecule has 5 rings (SSSR count). The molecule has 2 N–H and O–H groups in total. The lowest BCUT2D eigenvalue weighted by Gasteiger charge is -2.17. The molecule has 40 heavy (non-hydrogen) atoms. The standard InChI is InChI=1S/C32H34N4O4/c1-3-4-14-28-27(31(37)36(29(33-28)21-39-2)20-23-10-6-5-7-11-23)19-22-15-17-24(18-16-22)25-12-8-9-13-26(25)30-34-32(38)40-35-30/h5-13,15-18,32,38H,3-4,14,19-21H2,1-2H3,(H,34,35). The highest BCUT2D eigenvalue weighted by atomic mass is 16.7. The van der Waals surface area contributed by atoms with Crippen molar-refractivity contribution < 1.29 is 14.7 Å². The molecule has 8 heteroatoms. The fourth-order valence-corrected chi connectivity index (χ4v) is 4.93. The van der Waals surface area contributed by atoms with Crippen LogP contribution < -0.4 is 11.0 Å². The molecule has 2 heterocycles. The largest absolute Gasteiger partial charge is 0.377 e. The summed E-state index contributed by atoms with van der Waals surface area (Å²) < 4.78 is 7.18. The summed E-state index contributed by atoms with van der Waals surface area (Å²) in [5.41, 5.74) is 9.09. The van der Waals surface area contributed by atoms with Crippen molar-refractivity contribution in [3.05, 3.63) is 123 Å². The van der Waals surface area contributed by atoms with Crippen LogP contribution in [0.5, 0.6) is 0 Å². The molecule has 1 atom stereocenters. The molecule has 0 saturated carbocycles. The van der Waals surface area contributed by atoms with Crippen LogP contribution in [0.1, 0.15) is 53.5 Å². The molecule has 3 aromatic carbocycles. The molecule has 0 fully saturated rings. The summed E-state index contributed by atoms with van der Waals surface area (Å²) in [5.74, 6) is 1.13. The van der Waals surface area contributed by atoms with Gasteiger partial charge >= 0.3 is 0 Å². The molecule has 1 aliphatic heterocycles. The number of nitrogens with zero attached hydrogens (tertiary/aromatic N) is 3. The first-order chi connectivity index (χ1) is 19.6. The first kappa shape index (κ1) is 27.5. The van der Waals surface area contributed by atoms with E-state index in [2.05, 4.69) is 29.5 Å². The van der Waals surface area contributed by atoms with Gasteiger partial charge < -0.3 is 9.84 Å². The minimum absolute atomic E-state index is 0.0182. The van der Waals surface area contributed by atoms with Gasteiger partial charge in [0, 0.05) is 24.7 Å². The predicted octanol–water partition coefficient (Wildman–Crippen LogP) is 4.60. The van der Waals surface area contributed by atoms with Gasteiger partial charge in [-0.3, -0.25) is 9.36 Å². The van der Waals surface area contributed by atoms with E-state index in [1.165, 1.54) is 0 Å². The number of hydroxylamine groups is 1.